The molecular formula is C16H16ClNO. The Morgan fingerprint density at radius 3 is 2.26 bits per heavy atom. The maximum Gasteiger partial charge on any atom is 0.182 e. The fraction of sp³-hybridized carbons (Fsp3) is 0.188. The highest BCUT2D eigenvalue weighted by molar-refractivity contribution is 6.30. The molecule has 2 rings (SSSR count). The van der Waals surface area contributed by atoms with Gasteiger partial charge in [0, 0.05) is 22.8 Å². The van der Waals surface area contributed by atoms with Crippen molar-refractivity contribution in [1.29, 1.82) is 0 Å². The average molecular weight is 274 g/mol. The first-order valence-corrected chi connectivity index (χ1v) is 6.67. The third-order valence-corrected chi connectivity index (χ3v) is 3.26. The van der Waals surface area contributed by atoms with Crippen molar-refractivity contribution in [3.8, 4) is 0 Å². The van der Waals surface area contributed by atoms with E-state index in [2.05, 4.69) is 4.90 Å². The molecule has 0 N–H and O–H groups in total. The minimum atomic E-state index is 0.0994. The van der Waals surface area contributed by atoms with Gasteiger partial charge in [-0.1, -0.05) is 29.8 Å². The Balaban J connectivity index is 2.10. The molecule has 0 unspecified atom stereocenters. The van der Waals surface area contributed by atoms with E-state index in [1.807, 2.05) is 37.3 Å². The monoisotopic (exact) mass is 273 g/mol. The predicted molar refractivity (Wildman–Crippen MR) is 80.1 cm³/mol. The van der Waals surface area contributed by atoms with Crippen molar-refractivity contribution < 1.29 is 4.79 Å². The smallest absolute Gasteiger partial charge is 0.182 e. The third kappa shape index (κ3) is 3.58. The number of carbonyl (C=O) groups is 1. The molecule has 0 saturated carbocycles. The number of para-hydroxylation sites is 1. The van der Waals surface area contributed by atoms with E-state index in [-0.39, 0.29) is 5.78 Å². The van der Waals surface area contributed by atoms with Gasteiger partial charge in [-0.05, 0) is 43.3 Å². The molecule has 3 heteroatoms. The van der Waals surface area contributed by atoms with Crippen LogP contribution in [0.2, 0.25) is 5.02 Å². The van der Waals surface area contributed by atoms with Crippen molar-refractivity contribution in [1.82, 2.24) is 0 Å². The van der Waals surface area contributed by atoms with E-state index >= 15 is 0 Å². The number of nitrogens with zero attached hydrogens (tertiary/aromatic N) is 1. The zero-order chi connectivity index (χ0) is 13.7. The number of rotatable bonds is 5. The number of Topliss-reactive ketones (excluding diaryl/α,β-unsaturated/α-hetero) is 1. The zero-order valence-electron chi connectivity index (χ0n) is 10.8. The van der Waals surface area contributed by atoms with Gasteiger partial charge in [0.05, 0.1) is 6.54 Å². The largest absolute Gasteiger partial charge is 0.364 e. The summed E-state index contributed by atoms with van der Waals surface area (Å²) in [5, 5.41) is 0.645. The fourth-order valence-electron chi connectivity index (χ4n) is 1.92. The summed E-state index contributed by atoms with van der Waals surface area (Å²) in [5.74, 6) is 0.0994. The molecule has 98 valence electrons. The second-order valence-corrected chi connectivity index (χ2v) is 4.72. The molecule has 0 heterocycles. The van der Waals surface area contributed by atoms with Gasteiger partial charge in [0.15, 0.2) is 5.78 Å². The lowest BCUT2D eigenvalue weighted by molar-refractivity contribution is 0.0999. The normalized spacial score (nSPS) is 10.2. The number of likely N-dealkylation sites (N-methyl/N-ethyl adjacent to an activating group) is 1. The zero-order valence-corrected chi connectivity index (χ0v) is 11.6. The summed E-state index contributed by atoms with van der Waals surface area (Å²) in [6, 6.07) is 17.0. The van der Waals surface area contributed by atoms with Crippen LogP contribution in [0.5, 0.6) is 0 Å². The second-order valence-electron chi connectivity index (χ2n) is 4.28. The van der Waals surface area contributed by atoms with Crippen molar-refractivity contribution >= 4 is 23.1 Å². The molecule has 0 aliphatic carbocycles. The molecule has 0 aliphatic heterocycles. The number of benzene rings is 2. The maximum atomic E-state index is 12.2. The topological polar surface area (TPSA) is 20.3 Å². The van der Waals surface area contributed by atoms with Crippen LogP contribution in [0.25, 0.3) is 0 Å². The lowest BCUT2D eigenvalue weighted by Crippen LogP contribution is -2.29. The highest BCUT2D eigenvalue weighted by Crippen LogP contribution is 2.15. The first kappa shape index (κ1) is 13.6. The number of hydrogen-bond acceptors (Lipinski definition) is 2. The molecule has 0 aromatic heterocycles. The summed E-state index contributed by atoms with van der Waals surface area (Å²) in [7, 11) is 0. The highest BCUT2D eigenvalue weighted by Gasteiger charge is 2.11. The van der Waals surface area contributed by atoms with Crippen molar-refractivity contribution in [2.24, 2.45) is 0 Å². The van der Waals surface area contributed by atoms with E-state index < -0.39 is 0 Å². The van der Waals surface area contributed by atoms with Crippen LogP contribution in [0.1, 0.15) is 17.3 Å². The van der Waals surface area contributed by atoms with E-state index in [1.165, 1.54) is 0 Å². The van der Waals surface area contributed by atoms with Crippen LogP contribution >= 0.6 is 11.6 Å². The van der Waals surface area contributed by atoms with Crippen LogP contribution in [0.15, 0.2) is 54.6 Å². The van der Waals surface area contributed by atoms with Gasteiger partial charge < -0.3 is 4.90 Å². The minimum absolute atomic E-state index is 0.0994. The predicted octanol–water partition coefficient (Wildman–Crippen LogP) is 4.05. The Hall–Kier alpha value is -1.80. The lowest BCUT2D eigenvalue weighted by Gasteiger charge is -2.22. The third-order valence-electron chi connectivity index (χ3n) is 3.00. The molecule has 0 bridgehead atoms. The Morgan fingerprint density at radius 1 is 1.05 bits per heavy atom. The molecule has 0 aliphatic rings. The first-order valence-electron chi connectivity index (χ1n) is 6.29. The Kier molecular flexibility index (Phi) is 4.58. The van der Waals surface area contributed by atoms with Gasteiger partial charge in [-0.3, -0.25) is 4.79 Å². The summed E-state index contributed by atoms with van der Waals surface area (Å²) < 4.78 is 0. The van der Waals surface area contributed by atoms with Gasteiger partial charge in [0.25, 0.3) is 0 Å². The molecule has 2 aromatic carbocycles. The van der Waals surface area contributed by atoms with Crippen molar-refractivity contribution in [3.05, 3.63) is 65.2 Å². The summed E-state index contributed by atoms with van der Waals surface area (Å²) in [6.45, 7) is 3.22. The molecule has 2 nitrogen and oxygen atoms in total. The lowest BCUT2D eigenvalue weighted by atomic mass is 10.1. The van der Waals surface area contributed by atoms with Gasteiger partial charge in [0.1, 0.15) is 0 Å². The Morgan fingerprint density at radius 2 is 1.68 bits per heavy atom. The number of ketones is 1. The molecule has 0 fully saturated rings. The summed E-state index contributed by atoms with van der Waals surface area (Å²) in [5.41, 5.74) is 1.76. The van der Waals surface area contributed by atoms with Crippen LogP contribution in [0.4, 0.5) is 5.69 Å². The first-order chi connectivity index (χ1) is 9.20. The van der Waals surface area contributed by atoms with Crippen molar-refractivity contribution in [2.45, 2.75) is 6.92 Å². The van der Waals surface area contributed by atoms with Crippen LogP contribution in [0, 0.1) is 0 Å². The Bertz CT molecular complexity index is 536. The molecule has 0 atom stereocenters. The minimum Gasteiger partial charge on any atom is -0.364 e. The van der Waals surface area contributed by atoms with Gasteiger partial charge >= 0.3 is 0 Å². The molecule has 0 amide bonds. The number of anilines is 1. The van der Waals surface area contributed by atoms with Crippen LogP contribution < -0.4 is 4.90 Å². The fourth-order valence-corrected chi connectivity index (χ4v) is 2.05. The standard InChI is InChI=1S/C16H16ClNO/c1-2-18(15-6-4-3-5-7-15)12-16(19)13-8-10-14(17)11-9-13/h3-11H,2,12H2,1H3. The highest BCUT2D eigenvalue weighted by atomic mass is 35.5. The van der Waals surface area contributed by atoms with Gasteiger partial charge in [-0.2, -0.15) is 0 Å². The molecule has 0 spiro atoms. The van der Waals surface area contributed by atoms with E-state index in [1.54, 1.807) is 24.3 Å². The number of halogens is 1. The van der Waals surface area contributed by atoms with Gasteiger partial charge in [-0.15, -0.1) is 0 Å². The van der Waals surface area contributed by atoms with E-state index in [0.29, 0.717) is 17.1 Å². The van der Waals surface area contributed by atoms with E-state index in [9.17, 15) is 4.79 Å². The van der Waals surface area contributed by atoms with Gasteiger partial charge in [0.2, 0.25) is 0 Å². The van der Waals surface area contributed by atoms with E-state index in [4.69, 9.17) is 11.6 Å². The van der Waals surface area contributed by atoms with Crippen molar-refractivity contribution in [2.75, 3.05) is 18.0 Å². The number of hydrogen-bond donors (Lipinski definition) is 0. The SMILES string of the molecule is CCN(CC(=O)c1ccc(Cl)cc1)c1ccccc1. The van der Waals surface area contributed by atoms with Crippen molar-refractivity contribution in [3.63, 3.8) is 0 Å². The second kappa shape index (κ2) is 6.39. The summed E-state index contributed by atoms with van der Waals surface area (Å²) in [6.07, 6.45) is 0. The summed E-state index contributed by atoms with van der Waals surface area (Å²) in [4.78, 5) is 14.3. The maximum absolute atomic E-state index is 12.2. The van der Waals surface area contributed by atoms with Crippen LogP contribution in [0.3, 0.4) is 0 Å². The molecule has 0 saturated heterocycles. The molecule has 2 aromatic rings. The van der Waals surface area contributed by atoms with Gasteiger partial charge in [-0.25, -0.2) is 0 Å². The van der Waals surface area contributed by atoms with E-state index in [0.717, 1.165) is 12.2 Å². The summed E-state index contributed by atoms with van der Waals surface area (Å²) >= 11 is 5.82. The molecule has 19 heavy (non-hydrogen) atoms. The quantitative estimate of drug-likeness (QED) is 0.766. The average Bonchev–Trinajstić information content (AvgIpc) is 2.46. The Labute approximate surface area is 118 Å². The van der Waals surface area contributed by atoms with Crippen LogP contribution in [-0.2, 0) is 0 Å². The molecule has 0 radical (unpaired) electrons. The molecular weight excluding hydrogens is 258 g/mol. The number of carbonyl (C=O) groups excluding carboxylic acids is 1. The van der Waals surface area contributed by atoms with Crippen LogP contribution in [-0.4, -0.2) is 18.9 Å².